The zero-order chi connectivity index (χ0) is 14.1. The van der Waals surface area contributed by atoms with E-state index in [4.69, 9.17) is 0 Å². The minimum atomic E-state index is -0.651. The molecule has 0 aromatic carbocycles. The number of hydrogen-bond donors (Lipinski definition) is 1. The first-order chi connectivity index (χ1) is 9.08. The van der Waals surface area contributed by atoms with E-state index >= 15 is 0 Å². The number of carboxylic acids is 1. The van der Waals surface area contributed by atoms with Gasteiger partial charge in [0.05, 0.1) is 6.42 Å². The minimum absolute atomic E-state index is 0.127. The lowest BCUT2D eigenvalue weighted by molar-refractivity contribution is -0.140. The van der Waals surface area contributed by atoms with E-state index in [1.165, 1.54) is 51.4 Å². The van der Waals surface area contributed by atoms with Crippen LogP contribution in [0, 0.1) is 0 Å². The molecule has 3 nitrogen and oxygen atoms in total. The molecule has 0 aromatic heterocycles. The van der Waals surface area contributed by atoms with Crippen molar-refractivity contribution in [1.82, 2.24) is 4.90 Å². The Balaban J connectivity index is 2.46. The summed E-state index contributed by atoms with van der Waals surface area (Å²) in [5, 5.41) is 9.19. The fourth-order valence-electron chi connectivity index (χ4n) is 3.23. The third kappa shape index (κ3) is 5.94. The van der Waals surface area contributed by atoms with Gasteiger partial charge in [-0.25, -0.2) is 0 Å². The number of hydrogen-bond acceptors (Lipinski definition) is 2. The Kier molecular flexibility index (Phi) is 7.44. The summed E-state index contributed by atoms with van der Waals surface area (Å²) >= 11 is 0. The molecule has 3 heteroatoms. The van der Waals surface area contributed by atoms with Crippen LogP contribution in [0.4, 0.5) is 0 Å². The highest BCUT2D eigenvalue weighted by atomic mass is 16.4. The second-order valence-corrected chi connectivity index (χ2v) is 6.28. The molecule has 1 atom stereocenters. The Morgan fingerprint density at radius 2 is 1.74 bits per heavy atom. The Bertz CT molecular complexity index is 261. The molecule has 1 saturated heterocycles. The molecule has 1 N–H and O–H groups in total. The fraction of sp³-hybridized carbons (Fsp3) is 0.938. The summed E-state index contributed by atoms with van der Waals surface area (Å²) in [6.45, 7) is 6.55. The number of nitrogens with zero attached hydrogens (tertiary/aromatic N) is 1. The van der Waals surface area contributed by atoms with Crippen molar-refractivity contribution >= 4 is 5.97 Å². The van der Waals surface area contributed by atoms with Gasteiger partial charge in [-0.15, -0.1) is 0 Å². The Morgan fingerprint density at radius 3 is 2.32 bits per heavy atom. The van der Waals surface area contributed by atoms with Gasteiger partial charge in [0.2, 0.25) is 0 Å². The number of rotatable bonds is 9. The standard InChI is InChI=1S/C16H31NO2/c1-3-4-5-6-8-11-16(2,14-15(18)19)17-12-9-7-10-13-17/h3-14H2,1-2H3,(H,18,19). The third-order valence-electron chi connectivity index (χ3n) is 4.47. The van der Waals surface area contributed by atoms with Crippen LogP contribution in [0.3, 0.4) is 0 Å². The monoisotopic (exact) mass is 269 g/mol. The molecule has 1 fully saturated rings. The molecule has 1 aliphatic heterocycles. The molecule has 0 saturated carbocycles. The van der Waals surface area contributed by atoms with Gasteiger partial charge in [-0.1, -0.05) is 45.4 Å². The highest BCUT2D eigenvalue weighted by molar-refractivity contribution is 5.68. The predicted molar refractivity (Wildman–Crippen MR) is 79.5 cm³/mol. The lowest BCUT2D eigenvalue weighted by Gasteiger charge is -2.43. The Morgan fingerprint density at radius 1 is 1.11 bits per heavy atom. The number of likely N-dealkylation sites (tertiary alicyclic amines) is 1. The Hall–Kier alpha value is -0.570. The first-order valence-electron chi connectivity index (χ1n) is 8.05. The summed E-state index contributed by atoms with van der Waals surface area (Å²) in [6.07, 6.45) is 11.4. The predicted octanol–water partition coefficient (Wildman–Crippen LogP) is 4.07. The van der Waals surface area contributed by atoms with Gasteiger partial charge in [0, 0.05) is 5.54 Å². The molecular formula is C16H31NO2. The zero-order valence-electron chi connectivity index (χ0n) is 12.8. The van der Waals surface area contributed by atoms with E-state index in [0.717, 1.165) is 19.5 Å². The number of carboxylic acid groups (broad SMARTS) is 1. The van der Waals surface area contributed by atoms with Gasteiger partial charge in [0.25, 0.3) is 0 Å². The van der Waals surface area contributed by atoms with Gasteiger partial charge in [-0.05, 0) is 39.3 Å². The van der Waals surface area contributed by atoms with E-state index in [0.29, 0.717) is 6.42 Å². The van der Waals surface area contributed by atoms with E-state index in [1.807, 2.05) is 0 Å². The van der Waals surface area contributed by atoms with Crippen LogP contribution in [-0.4, -0.2) is 34.6 Å². The summed E-state index contributed by atoms with van der Waals surface area (Å²) in [7, 11) is 0. The quantitative estimate of drug-likeness (QED) is 0.642. The van der Waals surface area contributed by atoms with Gasteiger partial charge in [0.1, 0.15) is 0 Å². The molecule has 0 bridgehead atoms. The summed E-state index contributed by atoms with van der Waals surface area (Å²) in [5.41, 5.74) is -0.127. The van der Waals surface area contributed by atoms with E-state index < -0.39 is 5.97 Å². The number of carbonyl (C=O) groups is 1. The average Bonchev–Trinajstić information content (AvgIpc) is 2.39. The summed E-state index contributed by atoms with van der Waals surface area (Å²) in [4.78, 5) is 13.6. The van der Waals surface area contributed by atoms with Gasteiger partial charge >= 0.3 is 5.97 Å². The maximum Gasteiger partial charge on any atom is 0.305 e. The van der Waals surface area contributed by atoms with Crippen molar-refractivity contribution in [2.75, 3.05) is 13.1 Å². The van der Waals surface area contributed by atoms with Crippen LogP contribution in [0.1, 0.15) is 78.1 Å². The molecule has 0 amide bonds. The molecule has 19 heavy (non-hydrogen) atoms. The van der Waals surface area contributed by atoms with Crippen LogP contribution in [0.15, 0.2) is 0 Å². The fourth-order valence-corrected chi connectivity index (χ4v) is 3.23. The first kappa shape index (κ1) is 16.5. The zero-order valence-corrected chi connectivity index (χ0v) is 12.8. The van der Waals surface area contributed by atoms with Crippen LogP contribution in [0.5, 0.6) is 0 Å². The Labute approximate surface area is 118 Å². The first-order valence-corrected chi connectivity index (χ1v) is 8.05. The van der Waals surface area contributed by atoms with Crippen molar-refractivity contribution in [1.29, 1.82) is 0 Å². The molecular weight excluding hydrogens is 238 g/mol. The lowest BCUT2D eigenvalue weighted by atomic mass is 9.87. The maximum atomic E-state index is 11.2. The van der Waals surface area contributed by atoms with Gasteiger partial charge < -0.3 is 5.11 Å². The number of piperidine rings is 1. The van der Waals surface area contributed by atoms with Crippen LogP contribution >= 0.6 is 0 Å². The van der Waals surface area contributed by atoms with Crippen molar-refractivity contribution in [3.05, 3.63) is 0 Å². The van der Waals surface area contributed by atoms with Crippen molar-refractivity contribution in [2.24, 2.45) is 0 Å². The molecule has 0 spiro atoms. The van der Waals surface area contributed by atoms with Crippen molar-refractivity contribution in [3.63, 3.8) is 0 Å². The summed E-state index contributed by atoms with van der Waals surface area (Å²) in [5.74, 6) is -0.651. The lowest BCUT2D eigenvalue weighted by Crippen LogP contribution is -2.50. The molecule has 0 radical (unpaired) electrons. The highest BCUT2D eigenvalue weighted by Gasteiger charge is 2.34. The van der Waals surface area contributed by atoms with Crippen LogP contribution < -0.4 is 0 Å². The van der Waals surface area contributed by atoms with Gasteiger partial charge in [-0.3, -0.25) is 9.69 Å². The van der Waals surface area contributed by atoms with Crippen molar-refractivity contribution < 1.29 is 9.90 Å². The third-order valence-corrected chi connectivity index (χ3v) is 4.47. The second kappa shape index (κ2) is 8.57. The van der Waals surface area contributed by atoms with Crippen LogP contribution in [-0.2, 0) is 4.79 Å². The van der Waals surface area contributed by atoms with Gasteiger partial charge in [-0.2, -0.15) is 0 Å². The maximum absolute atomic E-state index is 11.2. The average molecular weight is 269 g/mol. The van der Waals surface area contributed by atoms with Crippen molar-refractivity contribution in [3.8, 4) is 0 Å². The number of aliphatic carboxylic acids is 1. The van der Waals surface area contributed by atoms with E-state index in [-0.39, 0.29) is 5.54 Å². The number of unbranched alkanes of at least 4 members (excludes halogenated alkanes) is 4. The molecule has 1 aliphatic rings. The van der Waals surface area contributed by atoms with Crippen molar-refractivity contribution in [2.45, 2.75) is 83.6 Å². The smallest absolute Gasteiger partial charge is 0.305 e. The topological polar surface area (TPSA) is 40.5 Å². The van der Waals surface area contributed by atoms with E-state index in [1.54, 1.807) is 0 Å². The minimum Gasteiger partial charge on any atom is -0.481 e. The molecule has 1 rings (SSSR count). The summed E-state index contributed by atoms with van der Waals surface area (Å²) in [6, 6.07) is 0. The molecule has 1 unspecified atom stereocenters. The SMILES string of the molecule is CCCCCCCC(C)(CC(=O)O)N1CCCCC1. The summed E-state index contributed by atoms with van der Waals surface area (Å²) < 4.78 is 0. The van der Waals surface area contributed by atoms with Crippen LogP contribution in [0.25, 0.3) is 0 Å². The van der Waals surface area contributed by atoms with E-state index in [2.05, 4.69) is 18.7 Å². The molecule has 0 aliphatic carbocycles. The molecule has 1 heterocycles. The molecule has 0 aromatic rings. The van der Waals surface area contributed by atoms with Gasteiger partial charge in [0.15, 0.2) is 0 Å². The second-order valence-electron chi connectivity index (χ2n) is 6.28. The largest absolute Gasteiger partial charge is 0.481 e. The van der Waals surface area contributed by atoms with E-state index in [9.17, 15) is 9.90 Å². The molecule has 112 valence electrons. The normalized spacial score (nSPS) is 20.1. The highest BCUT2D eigenvalue weighted by Crippen LogP contribution is 2.29. The van der Waals surface area contributed by atoms with Crippen LogP contribution in [0.2, 0.25) is 0 Å².